The Labute approximate surface area is 164 Å². The number of hydrogen-bond donors (Lipinski definition) is 0. The van der Waals surface area contributed by atoms with Crippen LogP contribution in [-0.4, -0.2) is 27.2 Å². The highest BCUT2D eigenvalue weighted by Gasteiger charge is 2.31. The molecule has 0 spiro atoms. The zero-order valence-electron chi connectivity index (χ0n) is 15.1. The van der Waals surface area contributed by atoms with E-state index in [0.717, 1.165) is 0 Å². The number of nitrogens with zero attached hydrogens (tertiary/aromatic N) is 3. The summed E-state index contributed by atoms with van der Waals surface area (Å²) in [5, 5.41) is 4.37. The average molecular weight is 412 g/mol. The Morgan fingerprint density at radius 2 is 1.61 bits per heavy atom. The van der Waals surface area contributed by atoms with Crippen molar-refractivity contribution in [2.75, 3.05) is 0 Å². The van der Waals surface area contributed by atoms with Gasteiger partial charge in [0.1, 0.15) is 11.5 Å². The lowest BCUT2D eigenvalue weighted by molar-refractivity contribution is -0.274. The summed E-state index contributed by atoms with van der Waals surface area (Å²) in [5.41, 5.74) is 1.28. The monoisotopic (exact) mass is 411 g/mol. The lowest BCUT2D eigenvalue weighted by Crippen LogP contribution is -2.16. The van der Waals surface area contributed by atoms with E-state index in [0.29, 0.717) is 28.6 Å². The van der Waals surface area contributed by atoms with E-state index in [1.54, 1.807) is 16.8 Å². The number of alkyl halides is 4. The van der Waals surface area contributed by atoms with Crippen LogP contribution in [0, 0.1) is 0 Å². The zero-order valence-corrected chi connectivity index (χ0v) is 15.8. The third kappa shape index (κ3) is 4.95. The SMILES string of the molecule is CC(C)Oc1ccc(-n2nc(CCl)nc2-c2ccc(OC(F)(F)F)cc2)cc1. The zero-order chi connectivity index (χ0) is 20.3. The predicted molar refractivity (Wildman–Crippen MR) is 98.8 cm³/mol. The molecule has 2 aromatic carbocycles. The Bertz CT molecular complexity index is 923. The minimum atomic E-state index is -4.74. The molecule has 0 saturated carbocycles. The van der Waals surface area contributed by atoms with Gasteiger partial charge in [0.05, 0.1) is 17.7 Å². The molecule has 0 atom stereocenters. The molecule has 0 saturated heterocycles. The van der Waals surface area contributed by atoms with E-state index in [1.807, 2.05) is 26.0 Å². The van der Waals surface area contributed by atoms with Gasteiger partial charge in [0.2, 0.25) is 0 Å². The number of hydrogen-bond acceptors (Lipinski definition) is 4. The van der Waals surface area contributed by atoms with Crippen molar-refractivity contribution in [2.24, 2.45) is 0 Å². The summed E-state index contributed by atoms with van der Waals surface area (Å²) in [6.45, 7) is 3.87. The van der Waals surface area contributed by atoms with E-state index in [9.17, 15) is 13.2 Å². The van der Waals surface area contributed by atoms with Crippen LogP contribution in [0.3, 0.4) is 0 Å². The molecule has 5 nitrogen and oxygen atoms in total. The molecule has 1 heterocycles. The van der Waals surface area contributed by atoms with Gasteiger partial charge in [-0.2, -0.15) is 0 Å². The Kier molecular flexibility index (Phi) is 5.79. The van der Waals surface area contributed by atoms with Gasteiger partial charge in [-0.05, 0) is 62.4 Å². The second-order valence-corrected chi connectivity index (χ2v) is 6.40. The highest BCUT2D eigenvalue weighted by atomic mass is 35.5. The van der Waals surface area contributed by atoms with E-state index in [-0.39, 0.29) is 17.7 Å². The van der Waals surface area contributed by atoms with Crippen molar-refractivity contribution >= 4 is 11.6 Å². The van der Waals surface area contributed by atoms with Crippen LogP contribution in [0.2, 0.25) is 0 Å². The first-order valence-electron chi connectivity index (χ1n) is 8.40. The first-order valence-corrected chi connectivity index (χ1v) is 8.94. The van der Waals surface area contributed by atoms with Gasteiger partial charge < -0.3 is 9.47 Å². The first kappa shape index (κ1) is 20.0. The molecule has 3 rings (SSSR count). The van der Waals surface area contributed by atoms with Crippen molar-refractivity contribution in [3.8, 4) is 28.6 Å². The molecule has 28 heavy (non-hydrogen) atoms. The van der Waals surface area contributed by atoms with Gasteiger partial charge in [0, 0.05) is 5.56 Å². The van der Waals surface area contributed by atoms with E-state index in [2.05, 4.69) is 14.8 Å². The van der Waals surface area contributed by atoms with Crippen molar-refractivity contribution in [3.05, 3.63) is 54.4 Å². The normalized spacial score (nSPS) is 11.7. The summed E-state index contributed by atoms with van der Waals surface area (Å²) in [7, 11) is 0. The molecule has 0 bridgehead atoms. The highest BCUT2D eigenvalue weighted by molar-refractivity contribution is 6.16. The van der Waals surface area contributed by atoms with Crippen molar-refractivity contribution in [1.82, 2.24) is 14.8 Å². The van der Waals surface area contributed by atoms with Crippen LogP contribution in [0.4, 0.5) is 13.2 Å². The molecule has 148 valence electrons. The van der Waals surface area contributed by atoms with Crippen LogP contribution in [0.15, 0.2) is 48.5 Å². The molecule has 0 fully saturated rings. The largest absolute Gasteiger partial charge is 0.573 e. The first-order chi connectivity index (χ1) is 13.2. The smallest absolute Gasteiger partial charge is 0.491 e. The van der Waals surface area contributed by atoms with Crippen LogP contribution in [-0.2, 0) is 5.88 Å². The number of rotatable bonds is 6. The Morgan fingerprint density at radius 3 is 2.14 bits per heavy atom. The number of aromatic nitrogens is 3. The van der Waals surface area contributed by atoms with Crippen molar-refractivity contribution in [3.63, 3.8) is 0 Å². The van der Waals surface area contributed by atoms with Crippen molar-refractivity contribution in [2.45, 2.75) is 32.2 Å². The molecule has 1 aromatic heterocycles. The predicted octanol–water partition coefficient (Wildman–Crippen LogP) is 5.36. The molecule has 0 N–H and O–H groups in total. The summed E-state index contributed by atoms with van der Waals surface area (Å²) in [6.07, 6.45) is -4.69. The van der Waals surface area contributed by atoms with Crippen LogP contribution >= 0.6 is 11.6 Å². The molecule has 0 radical (unpaired) electrons. The summed E-state index contributed by atoms with van der Waals surface area (Å²) in [4.78, 5) is 4.38. The molecule has 0 aliphatic rings. The minimum absolute atomic E-state index is 0.0491. The molecule has 0 aliphatic carbocycles. The van der Waals surface area contributed by atoms with E-state index < -0.39 is 6.36 Å². The molecule has 9 heteroatoms. The van der Waals surface area contributed by atoms with Gasteiger partial charge in [-0.3, -0.25) is 0 Å². The molecular formula is C19H17ClF3N3O2. The minimum Gasteiger partial charge on any atom is -0.491 e. The Hall–Kier alpha value is -2.74. The molecule has 0 unspecified atom stereocenters. The van der Waals surface area contributed by atoms with E-state index in [1.165, 1.54) is 24.3 Å². The quantitative estimate of drug-likeness (QED) is 0.512. The summed E-state index contributed by atoms with van der Waals surface area (Å²) < 4.78 is 48.1. The lowest BCUT2D eigenvalue weighted by Gasteiger charge is -2.11. The van der Waals surface area contributed by atoms with Gasteiger partial charge >= 0.3 is 6.36 Å². The second-order valence-electron chi connectivity index (χ2n) is 6.13. The number of halogens is 4. The van der Waals surface area contributed by atoms with Crippen LogP contribution in [0.1, 0.15) is 19.7 Å². The molecule has 0 amide bonds. The third-order valence-electron chi connectivity index (χ3n) is 3.57. The van der Waals surface area contributed by atoms with E-state index >= 15 is 0 Å². The van der Waals surface area contributed by atoms with E-state index in [4.69, 9.17) is 16.3 Å². The topological polar surface area (TPSA) is 49.2 Å². The number of ether oxygens (including phenoxy) is 2. The summed E-state index contributed by atoms with van der Waals surface area (Å²) in [5.74, 6) is 1.35. The lowest BCUT2D eigenvalue weighted by atomic mass is 10.2. The van der Waals surface area contributed by atoms with Crippen LogP contribution < -0.4 is 9.47 Å². The van der Waals surface area contributed by atoms with Gasteiger partial charge in [0.25, 0.3) is 0 Å². The van der Waals surface area contributed by atoms with Gasteiger partial charge in [-0.25, -0.2) is 9.67 Å². The Morgan fingerprint density at radius 1 is 1.00 bits per heavy atom. The fourth-order valence-corrected chi connectivity index (χ4v) is 2.64. The third-order valence-corrected chi connectivity index (χ3v) is 3.81. The summed E-state index contributed by atoms with van der Waals surface area (Å²) >= 11 is 5.86. The van der Waals surface area contributed by atoms with Crippen LogP contribution in [0.25, 0.3) is 17.1 Å². The second kappa shape index (κ2) is 8.10. The number of benzene rings is 2. The maximum absolute atomic E-state index is 12.3. The van der Waals surface area contributed by atoms with Crippen molar-refractivity contribution in [1.29, 1.82) is 0 Å². The molecular weight excluding hydrogens is 395 g/mol. The fraction of sp³-hybridized carbons (Fsp3) is 0.263. The van der Waals surface area contributed by atoms with Crippen LogP contribution in [0.5, 0.6) is 11.5 Å². The fourth-order valence-electron chi connectivity index (χ4n) is 2.52. The highest BCUT2D eigenvalue weighted by Crippen LogP contribution is 2.28. The van der Waals surface area contributed by atoms with Gasteiger partial charge in [0.15, 0.2) is 11.6 Å². The molecule has 3 aromatic rings. The maximum atomic E-state index is 12.3. The van der Waals surface area contributed by atoms with Crippen molar-refractivity contribution < 1.29 is 22.6 Å². The van der Waals surface area contributed by atoms with Gasteiger partial charge in [-0.15, -0.1) is 29.9 Å². The summed E-state index contributed by atoms with van der Waals surface area (Å²) in [6, 6.07) is 12.7. The van der Waals surface area contributed by atoms with Gasteiger partial charge in [-0.1, -0.05) is 0 Å². The molecule has 0 aliphatic heterocycles. The Balaban J connectivity index is 1.93. The standard InChI is InChI=1S/C19H17ClF3N3O2/c1-12(2)27-15-9-5-14(6-10-15)26-18(24-17(11-20)25-26)13-3-7-16(8-4-13)28-19(21,22)23/h3-10,12H,11H2,1-2H3. The average Bonchev–Trinajstić information content (AvgIpc) is 3.05. The maximum Gasteiger partial charge on any atom is 0.573 e.